The molecule has 5 heteroatoms. The van der Waals surface area contributed by atoms with Crippen LogP contribution >= 0.6 is 0 Å². The Hall–Kier alpha value is -1.78. The number of carbonyl (C=O) groups is 1. The number of amides is 1. The summed E-state index contributed by atoms with van der Waals surface area (Å²) in [7, 11) is 0. The van der Waals surface area contributed by atoms with E-state index < -0.39 is 5.60 Å². The highest BCUT2D eigenvalue weighted by Crippen LogP contribution is 2.33. The number of rotatable bonds is 1. The van der Waals surface area contributed by atoms with Crippen molar-refractivity contribution in [2.45, 2.75) is 52.2 Å². The zero-order valence-electron chi connectivity index (χ0n) is 12.5. The van der Waals surface area contributed by atoms with Crippen molar-refractivity contribution in [2.24, 2.45) is 0 Å². The molecule has 0 saturated carbocycles. The lowest BCUT2D eigenvalue weighted by Gasteiger charge is -2.29. The molecular weight excluding hydrogens is 256 g/mol. The molecule has 1 aromatic rings. The Morgan fingerprint density at radius 2 is 2.15 bits per heavy atom. The first-order valence-electron chi connectivity index (χ1n) is 6.97. The van der Waals surface area contributed by atoms with Gasteiger partial charge in [0.05, 0.1) is 6.04 Å². The summed E-state index contributed by atoms with van der Waals surface area (Å²) in [6.45, 7) is 8.18. The second kappa shape index (κ2) is 5.31. The maximum absolute atomic E-state index is 12.3. The van der Waals surface area contributed by atoms with E-state index >= 15 is 0 Å². The molecule has 1 amide bonds. The molecule has 0 aliphatic carbocycles. The van der Waals surface area contributed by atoms with E-state index in [2.05, 4.69) is 4.98 Å². The van der Waals surface area contributed by atoms with Gasteiger partial charge >= 0.3 is 6.09 Å². The van der Waals surface area contributed by atoms with Crippen LogP contribution in [-0.2, 0) is 4.74 Å². The van der Waals surface area contributed by atoms with Crippen LogP contribution in [-0.4, -0.2) is 28.1 Å². The van der Waals surface area contributed by atoms with Crippen LogP contribution in [0, 0.1) is 6.92 Å². The summed E-state index contributed by atoms with van der Waals surface area (Å²) in [5.41, 5.74) is 1.29. The maximum atomic E-state index is 12.3. The Balaban J connectivity index is 2.23. The van der Waals surface area contributed by atoms with E-state index in [-0.39, 0.29) is 17.7 Å². The number of likely N-dealkylation sites (tertiary alicyclic amines) is 1. The van der Waals surface area contributed by atoms with Crippen LogP contribution in [0.4, 0.5) is 4.79 Å². The van der Waals surface area contributed by atoms with Crippen LogP contribution in [0.2, 0.25) is 0 Å². The Morgan fingerprint density at radius 1 is 1.45 bits per heavy atom. The molecule has 1 aliphatic rings. The number of nitrogens with one attached hydrogen (secondary N) is 1. The lowest BCUT2D eigenvalue weighted by Crippen LogP contribution is -2.36. The van der Waals surface area contributed by atoms with Crippen LogP contribution in [0.3, 0.4) is 0 Å². The molecule has 1 atom stereocenters. The van der Waals surface area contributed by atoms with Gasteiger partial charge in [-0.3, -0.25) is 4.79 Å². The predicted molar refractivity (Wildman–Crippen MR) is 76.7 cm³/mol. The van der Waals surface area contributed by atoms with Crippen molar-refractivity contribution in [1.29, 1.82) is 0 Å². The number of ether oxygens (including phenoxy) is 1. The summed E-state index contributed by atoms with van der Waals surface area (Å²) in [6.07, 6.45) is 3.27. The molecule has 0 aromatic carbocycles. The summed E-state index contributed by atoms with van der Waals surface area (Å²) in [5, 5.41) is 0. The normalized spacial score (nSPS) is 19.2. The number of hydrogen-bond donors (Lipinski definition) is 1. The minimum Gasteiger partial charge on any atom is -0.444 e. The van der Waals surface area contributed by atoms with Gasteiger partial charge in [-0.15, -0.1) is 0 Å². The zero-order chi connectivity index (χ0) is 14.9. The third-order valence-corrected chi connectivity index (χ3v) is 3.41. The van der Waals surface area contributed by atoms with Crippen LogP contribution in [0.15, 0.2) is 17.1 Å². The second-order valence-corrected chi connectivity index (χ2v) is 6.27. The average molecular weight is 278 g/mol. The predicted octanol–water partition coefficient (Wildman–Crippen LogP) is 2.76. The average Bonchev–Trinajstić information content (AvgIpc) is 2.75. The first-order valence-corrected chi connectivity index (χ1v) is 6.97. The number of nitrogens with zero attached hydrogens (tertiary/aromatic N) is 1. The van der Waals surface area contributed by atoms with E-state index in [1.807, 2.05) is 27.7 Å². The highest BCUT2D eigenvalue weighted by molar-refractivity contribution is 5.69. The molecule has 0 bridgehead atoms. The summed E-state index contributed by atoms with van der Waals surface area (Å²) in [6, 6.07) is 1.56. The molecule has 1 aromatic heterocycles. The topological polar surface area (TPSA) is 62.4 Å². The van der Waals surface area contributed by atoms with Gasteiger partial charge in [0.15, 0.2) is 0 Å². The van der Waals surface area contributed by atoms with Gasteiger partial charge in [0.2, 0.25) is 5.56 Å². The molecule has 5 nitrogen and oxygen atoms in total. The first-order chi connectivity index (χ1) is 9.28. The van der Waals surface area contributed by atoms with Gasteiger partial charge in [-0.25, -0.2) is 4.79 Å². The summed E-state index contributed by atoms with van der Waals surface area (Å²) < 4.78 is 5.45. The van der Waals surface area contributed by atoms with Crippen LogP contribution in [0.25, 0.3) is 0 Å². The zero-order valence-corrected chi connectivity index (χ0v) is 12.5. The van der Waals surface area contributed by atoms with Gasteiger partial charge in [-0.2, -0.15) is 0 Å². The number of aromatic amines is 1. The van der Waals surface area contributed by atoms with E-state index in [9.17, 15) is 9.59 Å². The summed E-state index contributed by atoms with van der Waals surface area (Å²) in [4.78, 5) is 28.0. The molecule has 110 valence electrons. The summed E-state index contributed by atoms with van der Waals surface area (Å²) in [5.74, 6) is 0. The second-order valence-electron chi connectivity index (χ2n) is 6.27. The van der Waals surface area contributed by atoms with Crippen molar-refractivity contribution >= 4 is 6.09 Å². The molecule has 1 saturated heterocycles. The fraction of sp³-hybridized carbons (Fsp3) is 0.600. The third-order valence-electron chi connectivity index (χ3n) is 3.41. The molecule has 0 spiro atoms. The molecule has 2 heterocycles. The van der Waals surface area contributed by atoms with Gasteiger partial charge < -0.3 is 14.6 Å². The van der Waals surface area contributed by atoms with Crippen molar-refractivity contribution in [3.8, 4) is 0 Å². The minimum atomic E-state index is -0.496. The number of aryl methyl sites for hydroxylation is 1. The summed E-state index contributed by atoms with van der Waals surface area (Å²) >= 11 is 0. The quantitative estimate of drug-likeness (QED) is 0.859. The van der Waals surface area contributed by atoms with Gasteiger partial charge in [-0.1, -0.05) is 0 Å². The third kappa shape index (κ3) is 3.21. The van der Waals surface area contributed by atoms with Crippen molar-refractivity contribution < 1.29 is 9.53 Å². The molecule has 20 heavy (non-hydrogen) atoms. The molecule has 1 N–H and O–H groups in total. The Bertz CT molecular complexity index is 557. The monoisotopic (exact) mass is 278 g/mol. The fourth-order valence-electron chi connectivity index (χ4n) is 2.57. The smallest absolute Gasteiger partial charge is 0.410 e. The number of H-pyrrole nitrogens is 1. The largest absolute Gasteiger partial charge is 0.444 e. The van der Waals surface area contributed by atoms with Crippen LogP contribution < -0.4 is 5.56 Å². The highest BCUT2D eigenvalue weighted by Gasteiger charge is 2.33. The number of carbonyl (C=O) groups excluding carboxylic acids is 1. The number of pyridine rings is 1. The molecule has 1 fully saturated rings. The molecule has 0 unspecified atom stereocenters. The fourth-order valence-corrected chi connectivity index (χ4v) is 2.57. The van der Waals surface area contributed by atoms with Crippen LogP contribution in [0.5, 0.6) is 0 Å². The van der Waals surface area contributed by atoms with Gasteiger partial charge in [0.1, 0.15) is 5.60 Å². The van der Waals surface area contributed by atoms with Crippen molar-refractivity contribution in [3.63, 3.8) is 0 Å². The van der Waals surface area contributed by atoms with Gasteiger partial charge in [0.25, 0.3) is 0 Å². The molecule has 0 radical (unpaired) electrons. The Morgan fingerprint density at radius 3 is 2.75 bits per heavy atom. The Labute approximate surface area is 118 Å². The van der Waals surface area contributed by atoms with E-state index in [1.165, 1.54) is 0 Å². The van der Waals surface area contributed by atoms with Gasteiger partial charge in [-0.05, 0) is 51.7 Å². The molecule has 2 rings (SSSR count). The molecule has 1 aliphatic heterocycles. The van der Waals surface area contributed by atoms with Gasteiger partial charge in [0, 0.05) is 18.8 Å². The first kappa shape index (κ1) is 14.6. The van der Waals surface area contributed by atoms with Crippen molar-refractivity contribution in [1.82, 2.24) is 9.88 Å². The number of hydrogen-bond acceptors (Lipinski definition) is 3. The van der Waals surface area contributed by atoms with E-state index in [1.54, 1.807) is 17.2 Å². The lowest BCUT2D eigenvalue weighted by atomic mass is 10.0. The van der Waals surface area contributed by atoms with Crippen molar-refractivity contribution in [3.05, 3.63) is 33.7 Å². The van der Waals surface area contributed by atoms with Crippen molar-refractivity contribution in [2.75, 3.05) is 6.54 Å². The lowest BCUT2D eigenvalue weighted by molar-refractivity contribution is 0.0224. The van der Waals surface area contributed by atoms with Crippen LogP contribution in [0.1, 0.15) is 50.8 Å². The van der Waals surface area contributed by atoms with E-state index in [0.29, 0.717) is 6.54 Å². The minimum absolute atomic E-state index is 0.0123. The maximum Gasteiger partial charge on any atom is 0.410 e. The van der Waals surface area contributed by atoms with E-state index in [4.69, 9.17) is 4.74 Å². The number of aromatic nitrogens is 1. The van der Waals surface area contributed by atoms with E-state index in [0.717, 1.165) is 24.0 Å². The Kier molecular flexibility index (Phi) is 3.88. The standard InChI is InChI=1S/C15H22N2O3/c1-10-8-13(18)16-9-11(10)12-6-5-7-17(12)14(19)20-15(2,3)4/h8-9,12H,5-7H2,1-4H3,(H,16,18)/t12-/m1/s1. The highest BCUT2D eigenvalue weighted by atomic mass is 16.6. The molecular formula is C15H22N2O3. The SMILES string of the molecule is Cc1cc(=O)[nH]cc1[C@H]1CCCN1C(=O)OC(C)(C)C.